The Bertz CT molecular complexity index is 991. The minimum Gasteiger partial charge on any atom is -0.492 e. The lowest BCUT2D eigenvalue weighted by atomic mass is 9.83. The van der Waals surface area contributed by atoms with E-state index >= 15 is 0 Å². The maximum atomic E-state index is 13.1. The van der Waals surface area contributed by atoms with Crippen molar-refractivity contribution in [2.75, 3.05) is 19.8 Å². The van der Waals surface area contributed by atoms with Gasteiger partial charge in [-0.15, -0.1) is 13.2 Å². The predicted molar refractivity (Wildman–Crippen MR) is 102 cm³/mol. The number of Topliss-reactive ketones (excluding diaryl/α,β-unsaturated/α-hetero) is 1. The molecule has 0 amide bonds. The van der Waals surface area contributed by atoms with Gasteiger partial charge in [0.15, 0.2) is 12.1 Å². The number of hydrogen-bond donors (Lipinski definition) is 0. The molecule has 2 aromatic rings. The highest BCUT2D eigenvalue weighted by molar-refractivity contribution is 5.97. The second-order valence-corrected chi connectivity index (χ2v) is 8.01. The van der Waals surface area contributed by atoms with E-state index in [4.69, 9.17) is 14.2 Å². The third-order valence-corrected chi connectivity index (χ3v) is 5.22. The number of carbonyl (C=O) groups is 1. The molecular formula is C22H21F3O5. The first-order valence-corrected chi connectivity index (χ1v) is 9.51. The first kappa shape index (κ1) is 20.7. The Hall–Kier alpha value is -2.58. The molecule has 2 heterocycles. The number of halogens is 3. The van der Waals surface area contributed by atoms with E-state index in [1.165, 1.54) is 25.1 Å². The van der Waals surface area contributed by atoms with Crippen LogP contribution in [0, 0.1) is 0 Å². The molecule has 160 valence electrons. The molecule has 30 heavy (non-hydrogen) atoms. The van der Waals surface area contributed by atoms with Gasteiger partial charge < -0.3 is 18.9 Å². The van der Waals surface area contributed by atoms with Crippen molar-refractivity contribution in [3.05, 3.63) is 47.0 Å². The molecule has 1 fully saturated rings. The van der Waals surface area contributed by atoms with Gasteiger partial charge in [-0.2, -0.15) is 0 Å². The van der Waals surface area contributed by atoms with Crippen LogP contribution in [0.5, 0.6) is 11.5 Å². The second kappa shape index (κ2) is 7.28. The maximum absolute atomic E-state index is 13.1. The molecule has 2 aliphatic rings. The normalized spacial score (nSPS) is 18.2. The SMILES string of the molecule is CC(=O)c1cc(-c2cc(C3OCCO3)ccc2OC(F)(F)F)c2c(c1)C(C)(C)CO2. The van der Waals surface area contributed by atoms with E-state index in [9.17, 15) is 18.0 Å². The van der Waals surface area contributed by atoms with Crippen molar-refractivity contribution in [3.63, 3.8) is 0 Å². The monoisotopic (exact) mass is 422 g/mol. The van der Waals surface area contributed by atoms with Gasteiger partial charge in [-0.25, -0.2) is 0 Å². The summed E-state index contributed by atoms with van der Waals surface area (Å²) in [7, 11) is 0. The van der Waals surface area contributed by atoms with E-state index in [1.54, 1.807) is 12.1 Å². The number of hydrogen-bond acceptors (Lipinski definition) is 5. The molecule has 0 radical (unpaired) electrons. The van der Waals surface area contributed by atoms with E-state index < -0.39 is 18.1 Å². The number of ether oxygens (including phenoxy) is 4. The van der Waals surface area contributed by atoms with E-state index in [1.807, 2.05) is 13.8 Å². The molecule has 0 atom stereocenters. The Morgan fingerprint density at radius 2 is 1.80 bits per heavy atom. The molecule has 5 nitrogen and oxygen atoms in total. The maximum Gasteiger partial charge on any atom is 0.573 e. The molecule has 0 aliphatic carbocycles. The van der Waals surface area contributed by atoms with Crippen LogP contribution in [0.15, 0.2) is 30.3 Å². The summed E-state index contributed by atoms with van der Waals surface area (Å²) in [5, 5.41) is 0. The van der Waals surface area contributed by atoms with E-state index in [0.29, 0.717) is 42.3 Å². The zero-order chi connectivity index (χ0) is 21.7. The summed E-state index contributed by atoms with van der Waals surface area (Å²) < 4.78 is 60.4. The summed E-state index contributed by atoms with van der Waals surface area (Å²) >= 11 is 0. The number of alkyl halides is 3. The van der Waals surface area contributed by atoms with Gasteiger partial charge in [0.05, 0.1) is 19.8 Å². The fourth-order valence-corrected chi connectivity index (χ4v) is 3.69. The Kier molecular flexibility index (Phi) is 5.02. The molecule has 0 N–H and O–H groups in total. The van der Waals surface area contributed by atoms with E-state index in [0.717, 1.165) is 5.56 Å². The van der Waals surface area contributed by atoms with Gasteiger partial charge in [-0.3, -0.25) is 4.79 Å². The summed E-state index contributed by atoms with van der Waals surface area (Å²) in [6.45, 7) is 6.46. The Morgan fingerprint density at radius 3 is 2.43 bits per heavy atom. The van der Waals surface area contributed by atoms with Crippen LogP contribution in [0.25, 0.3) is 11.1 Å². The van der Waals surface area contributed by atoms with Gasteiger partial charge in [-0.1, -0.05) is 19.9 Å². The molecule has 0 spiro atoms. The molecule has 0 bridgehead atoms. The largest absolute Gasteiger partial charge is 0.573 e. The molecule has 8 heteroatoms. The first-order valence-electron chi connectivity index (χ1n) is 9.51. The predicted octanol–water partition coefficient (Wildman–Crippen LogP) is 5.17. The Morgan fingerprint density at radius 1 is 1.10 bits per heavy atom. The van der Waals surface area contributed by atoms with Crippen molar-refractivity contribution in [3.8, 4) is 22.6 Å². The lowest BCUT2D eigenvalue weighted by Crippen LogP contribution is -2.18. The van der Waals surface area contributed by atoms with Crippen LogP contribution in [-0.4, -0.2) is 32.0 Å². The van der Waals surface area contributed by atoms with Gasteiger partial charge >= 0.3 is 6.36 Å². The van der Waals surface area contributed by atoms with Gasteiger partial charge in [0.2, 0.25) is 0 Å². The lowest BCUT2D eigenvalue weighted by molar-refractivity contribution is -0.274. The van der Waals surface area contributed by atoms with Crippen LogP contribution in [0.1, 0.15) is 48.5 Å². The molecule has 2 aromatic carbocycles. The van der Waals surface area contributed by atoms with Crippen molar-refractivity contribution in [1.29, 1.82) is 0 Å². The van der Waals surface area contributed by atoms with E-state index in [2.05, 4.69) is 4.74 Å². The van der Waals surface area contributed by atoms with Crippen molar-refractivity contribution >= 4 is 5.78 Å². The van der Waals surface area contributed by atoms with Gasteiger partial charge in [0.25, 0.3) is 0 Å². The summed E-state index contributed by atoms with van der Waals surface area (Å²) in [5.74, 6) is -0.137. The van der Waals surface area contributed by atoms with Crippen LogP contribution >= 0.6 is 0 Å². The van der Waals surface area contributed by atoms with Gasteiger partial charge in [0.1, 0.15) is 11.5 Å². The number of ketones is 1. The highest BCUT2D eigenvalue weighted by atomic mass is 19.4. The topological polar surface area (TPSA) is 54.0 Å². The lowest BCUT2D eigenvalue weighted by Gasteiger charge is -2.20. The summed E-state index contributed by atoms with van der Waals surface area (Å²) in [6.07, 6.45) is -5.55. The minimum absolute atomic E-state index is 0.154. The molecule has 1 saturated heterocycles. The second-order valence-electron chi connectivity index (χ2n) is 8.01. The summed E-state index contributed by atoms with van der Waals surface area (Å²) in [6, 6.07) is 7.52. The standard InChI is InChI=1S/C22H21F3O5/c1-12(26)14-9-16(19-17(10-14)21(2,3)11-29-19)15-8-13(20-27-6-7-28-20)4-5-18(15)30-22(23,24)25/h4-5,8-10,20H,6-7,11H2,1-3H3. The molecule has 2 aliphatic heterocycles. The van der Waals surface area contributed by atoms with Crippen LogP contribution in [0.4, 0.5) is 13.2 Å². The minimum atomic E-state index is -4.88. The van der Waals surface area contributed by atoms with Crippen LogP contribution in [0.2, 0.25) is 0 Å². The number of fused-ring (bicyclic) bond motifs is 1. The van der Waals surface area contributed by atoms with Crippen molar-refractivity contribution in [1.82, 2.24) is 0 Å². The van der Waals surface area contributed by atoms with Crippen molar-refractivity contribution in [2.24, 2.45) is 0 Å². The third-order valence-electron chi connectivity index (χ3n) is 5.22. The van der Waals surface area contributed by atoms with Gasteiger partial charge in [-0.05, 0) is 31.2 Å². The van der Waals surface area contributed by atoms with Gasteiger partial charge in [0, 0.05) is 33.2 Å². The molecular weight excluding hydrogens is 401 g/mol. The average molecular weight is 422 g/mol. The number of rotatable bonds is 4. The fraction of sp³-hybridized carbons (Fsp3) is 0.409. The zero-order valence-corrected chi connectivity index (χ0v) is 16.8. The summed E-state index contributed by atoms with van der Waals surface area (Å²) in [5.41, 5.74) is 1.83. The molecule has 0 aromatic heterocycles. The highest BCUT2D eigenvalue weighted by Crippen LogP contribution is 2.48. The zero-order valence-electron chi connectivity index (χ0n) is 16.8. The van der Waals surface area contributed by atoms with Crippen LogP contribution in [-0.2, 0) is 14.9 Å². The first-order chi connectivity index (χ1) is 14.0. The fourth-order valence-electron chi connectivity index (χ4n) is 3.69. The molecule has 0 saturated carbocycles. The third kappa shape index (κ3) is 3.89. The van der Waals surface area contributed by atoms with Crippen LogP contribution < -0.4 is 9.47 Å². The van der Waals surface area contributed by atoms with E-state index in [-0.39, 0.29) is 17.1 Å². The van der Waals surface area contributed by atoms with Crippen LogP contribution in [0.3, 0.4) is 0 Å². The Labute approximate surface area is 171 Å². The Balaban J connectivity index is 1.94. The average Bonchev–Trinajstić information content (AvgIpc) is 3.29. The highest BCUT2D eigenvalue weighted by Gasteiger charge is 2.37. The smallest absolute Gasteiger partial charge is 0.492 e. The number of carbonyl (C=O) groups excluding carboxylic acids is 1. The number of benzene rings is 2. The quantitative estimate of drug-likeness (QED) is 0.637. The van der Waals surface area contributed by atoms with Crippen molar-refractivity contribution in [2.45, 2.75) is 38.8 Å². The molecule has 0 unspecified atom stereocenters. The van der Waals surface area contributed by atoms with Crippen molar-refractivity contribution < 1.29 is 36.9 Å². The summed E-state index contributed by atoms with van der Waals surface area (Å²) in [4.78, 5) is 12.1. The molecule has 4 rings (SSSR count).